The average Bonchev–Trinajstić information content (AvgIpc) is 3.33. The van der Waals surface area contributed by atoms with Gasteiger partial charge in [0.1, 0.15) is 17.5 Å². The molecule has 0 saturated heterocycles. The zero-order chi connectivity index (χ0) is 24.8. The third kappa shape index (κ3) is 3.63. The highest BCUT2D eigenvalue weighted by atomic mass is 19.1. The Morgan fingerprint density at radius 1 is 0.833 bits per heavy atom. The van der Waals surface area contributed by atoms with E-state index in [1.165, 1.54) is 29.1 Å². The Morgan fingerprint density at radius 3 is 2.39 bits per heavy atom. The summed E-state index contributed by atoms with van der Waals surface area (Å²) in [6.45, 7) is 1.61. The molecule has 10 heteroatoms. The molecule has 6 aromatic rings. The summed E-state index contributed by atoms with van der Waals surface area (Å²) in [6.07, 6.45) is 6.32. The zero-order valence-corrected chi connectivity index (χ0v) is 18.8. The number of halogens is 3. The number of nitrogens with zero attached hydrogens (tertiary/aromatic N) is 7. The second-order valence-electron chi connectivity index (χ2n) is 8.23. The summed E-state index contributed by atoms with van der Waals surface area (Å²) in [7, 11) is 0. The van der Waals surface area contributed by atoms with Crippen LogP contribution in [0.3, 0.4) is 0 Å². The molecule has 36 heavy (non-hydrogen) atoms. The number of fused-ring (bicyclic) bond motifs is 2. The molecule has 0 radical (unpaired) electrons. The highest BCUT2D eigenvalue weighted by molar-refractivity contribution is 5.85. The van der Waals surface area contributed by atoms with Gasteiger partial charge in [-0.1, -0.05) is 17.3 Å². The zero-order valence-electron chi connectivity index (χ0n) is 18.8. The summed E-state index contributed by atoms with van der Waals surface area (Å²) in [4.78, 5) is 17.1. The lowest BCUT2D eigenvalue weighted by Gasteiger charge is -2.16. The van der Waals surface area contributed by atoms with Gasteiger partial charge in [0, 0.05) is 46.7 Å². The minimum Gasteiger partial charge on any atom is -0.265 e. The fourth-order valence-corrected chi connectivity index (χ4v) is 4.17. The number of pyridine rings is 2. The Hall–Kier alpha value is -4.73. The van der Waals surface area contributed by atoms with Gasteiger partial charge in [-0.2, -0.15) is 0 Å². The molecule has 0 N–H and O–H groups in total. The first-order valence-corrected chi connectivity index (χ1v) is 11.0. The van der Waals surface area contributed by atoms with Crippen LogP contribution in [0, 0.1) is 17.5 Å². The molecule has 7 nitrogen and oxygen atoms in total. The molecule has 0 amide bonds. The minimum atomic E-state index is -0.893. The van der Waals surface area contributed by atoms with Crippen molar-refractivity contribution >= 4 is 22.2 Å². The van der Waals surface area contributed by atoms with Gasteiger partial charge in [-0.25, -0.2) is 27.8 Å². The molecule has 6 rings (SSSR count). The van der Waals surface area contributed by atoms with Crippen LogP contribution in [0.25, 0.3) is 44.6 Å². The maximum absolute atomic E-state index is 15.8. The van der Waals surface area contributed by atoms with Crippen LogP contribution in [0.5, 0.6) is 0 Å². The second-order valence-corrected chi connectivity index (χ2v) is 8.23. The molecular weight excluding hydrogens is 467 g/mol. The van der Waals surface area contributed by atoms with Crippen LogP contribution in [0.4, 0.5) is 13.2 Å². The summed E-state index contributed by atoms with van der Waals surface area (Å²) in [5, 5.41) is 8.24. The molecular formula is C26H16F3N7. The molecule has 176 valence electrons. The van der Waals surface area contributed by atoms with E-state index in [2.05, 4.69) is 30.2 Å². The molecule has 0 aliphatic rings. The van der Waals surface area contributed by atoms with Gasteiger partial charge in [-0.15, -0.1) is 5.10 Å². The van der Waals surface area contributed by atoms with E-state index in [9.17, 15) is 4.39 Å². The van der Waals surface area contributed by atoms with E-state index < -0.39 is 17.7 Å². The van der Waals surface area contributed by atoms with E-state index in [-0.39, 0.29) is 33.6 Å². The van der Waals surface area contributed by atoms with Crippen LogP contribution in [0.2, 0.25) is 0 Å². The molecule has 0 spiro atoms. The van der Waals surface area contributed by atoms with Crippen LogP contribution in [-0.4, -0.2) is 34.9 Å². The van der Waals surface area contributed by atoms with Crippen molar-refractivity contribution in [2.45, 2.75) is 13.0 Å². The van der Waals surface area contributed by atoms with Crippen molar-refractivity contribution in [3.05, 3.63) is 96.3 Å². The van der Waals surface area contributed by atoms with Crippen LogP contribution >= 0.6 is 0 Å². The predicted molar refractivity (Wildman–Crippen MR) is 127 cm³/mol. The van der Waals surface area contributed by atoms with Crippen molar-refractivity contribution in [2.75, 3.05) is 0 Å². The van der Waals surface area contributed by atoms with Gasteiger partial charge < -0.3 is 0 Å². The number of hydrogen-bond donors (Lipinski definition) is 0. The lowest BCUT2D eigenvalue weighted by molar-refractivity contribution is 0.484. The molecule has 0 aliphatic heterocycles. The van der Waals surface area contributed by atoms with Gasteiger partial charge in [-0.3, -0.25) is 9.97 Å². The van der Waals surface area contributed by atoms with E-state index in [0.717, 1.165) is 5.56 Å². The van der Waals surface area contributed by atoms with Gasteiger partial charge in [0.15, 0.2) is 5.65 Å². The molecule has 4 aromatic heterocycles. The minimum absolute atomic E-state index is 0.132. The normalized spacial score (nSPS) is 12.3. The predicted octanol–water partition coefficient (Wildman–Crippen LogP) is 5.53. The standard InChI is InChI=1S/C26H16F3N7/c1-14(36-26-25(34-35-36)32-13-22(33-26)16-6-8-30-9-7-16)23-20(28)11-21-19(24(23)29)10-17(12-31-21)15-2-4-18(27)5-3-15/h2-14H,1H3. The van der Waals surface area contributed by atoms with E-state index in [1.807, 2.05) is 0 Å². The maximum Gasteiger partial charge on any atom is 0.221 e. The molecule has 4 heterocycles. The van der Waals surface area contributed by atoms with E-state index in [0.29, 0.717) is 16.8 Å². The van der Waals surface area contributed by atoms with Crippen molar-refractivity contribution < 1.29 is 13.2 Å². The first-order chi connectivity index (χ1) is 17.5. The highest BCUT2D eigenvalue weighted by Gasteiger charge is 2.25. The molecule has 1 atom stereocenters. The van der Waals surface area contributed by atoms with Gasteiger partial charge in [0.2, 0.25) is 5.65 Å². The summed E-state index contributed by atoms with van der Waals surface area (Å²) in [6, 6.07) is 11.2. The Bertz CT molecular complexity index is 1730. The fraction of sp³-hybridized carbons (Fsp3) is 0.0769. The fourth-order valence-electron chi connectivity index (χ4n) is 4.17. The summed E-state index contributed by atoms with van der Waals surface area (Å²) in [5.74, 6) is -1.92. The van der Waals surface area contributed by atoms with E-state index >= 15 is 8.78 Å². The molecule has 0 bridgehead atoms. The lowest BCUT2D eigenvalue weighted by Crippen LogP contribution is -2.14. The number of aromatic nitrogens is 7. The SMILES string of the molecule is CC(c1c(F)cc2ncc(-c3ccc(F)cc3)cc2c1F)n1nnc2ncc(-c3ccncc3)nc21. The van der Waals surface area contributed by atoms with Gasteiger partial charge >= 0.3 is 0 Å². The van der Waals surface area contributed by atoms with Crippen LogP contribution < -0.4 is 0 Å². The highest BCUT2D eigenvalue weighted by Crippen LogP contribution is 2.32. The molecule has 0 fully saturated rings. The average molecular weight is 483 g/mol. The number of benzene rings is 2. The van der Waals surface area contributed by atoms with Crippen molar-refractivity contribution in [3.63, 3.8) is 0 Å². The first-order valence-electron chi connectivity index (χ1n) is 11.0. The van der Waals surface area contributed by atoms with Gasteiger partial charge in [0.05, 0.1) is 23.4 Å². The molecule has 2 aromatic carbocycles. The number of rotatable bonds is 4. The Labute approximate surface area is 202 Å². The van der Waals surface area contributed by atoms with Gasteiger partial charge in [0.25, 0.3) is 0 Å². The topological polar surface area (TPSA) is 82.3 Å². The quantitative estimate of drug-likeness (QED) is 0.328. The van der Waals surface area contributed by atoms with Gasteiger partial charge in [-0.05, 0) is 42.8 Å². The van der Waals surface area contributed by atoms with Crippen LogP contribution in [0.1, 0.15) is 18.5 Å². The third-order valence-corrected chi connectivity index (χ3v) is 6.04. The Morgan fingerprint density at radius 2 is 1.61 bits per heavy atom. The number of hydrogen-bond acceptors (Lipinski definition) is 6. The van der Waals surface area contributed by atoms with Crippen molar-refractivity contribution in [1.82, 2.24) is 34.9 Å². The van der Waals surface area contributed by atoms with Crippen molar-refractivity contribution in [3.8, 4) is 22.4 Å². The monoisotopic (exact) mass is 483 g/mol. The maximum atomic E-state index is 15.8. The molecule has 0 saturated carbocycles. The molecule has 1 unspecified atom stereocenters. The molecule has 0 aliphatic carbocycles. The van der Waals surface area contributed by atoms with Crippen LogP contribution in [-0.2, 0) is 0 Å². The summed E-state index contributed by atoms with van der Waals surface area (Å²) < 4.78 is 45.7. The third-order valence-electron chi connectivity index (χ3n) is 6.04. The van der Waals surface area contributed by atoms with Crippen molar-refractivity contribution in [1.29, 1.82) is 0 Å². The van der Waals surface area contributed by atoms with E-state index in [1.54, 1.807) is 55.8 Å². The van der Waals surface area contributed by atoms with Crippen molar-refractivity contribution in [2.24, 2.45) is 0 Å². The second kappa shape index (κ2) is 8.49. The largest absolute Gasteiger partial charge is 0.265 e. The lowest BCUT2D eigenvalue weighted by atomic mass is 10.0. The summed E-state index contributed by atoms with van der Waals surface area (Å²) in [5.41, 5.74) is 3.06. The Balaban J connectivity index is 1.47. The van der Waals surface area contributed by atoms with E-state index in [4.69, 9.17) is 0 Å². The first kappa shape index (κ1) is 21.8. The summed E-state index contributed by atoms with van der Waals surface area (Å²) >= 11 is 0. The Kier molecular flexibility index (Phi) is 5.14. The van der Waals surface area contributed by atoms with Crippen LogP contribution in [0.15, 0.2) is 73.3 Å². The smallest absolute Gasteiger partial charge is 0.221 e.